The zero-order valence-corrected chi connectivity index (χ0v) is 18.3. The molecule has 0 bridgehead atoms. The van der Waals surface area contributed by atoms with E-state index in [4.69, 9.17) is 10.3 Å². The van der Waals surface area contributed by atoms with E-state index in [2.05, 4.69) is 12.2 Å². The fourth-order valence-electron chi connectivity index (χ4n) is 3.46. The van der Waals surface area contributed by atoms with Crippen molar-refractivity contribution in [3.05, 3.63) is 0 Å². The van der Waals surface area contributed by atoms with Gasteiger partial charge in [-0.25, -0.2) is 5.48 Å². The van der Waals surface area contributed by atoms with Crippen LogP contribution in [-0.4, -0.2) is 57.2 Å². The van der Waals surface area contributed by atoms with Gasteiger partial charge in [-0.1, -0.05) is 65.7 Å². The number of unbranched alkanes of at least 4 members (excludes halogenated alkanes) is 6. The van der Waals surface area contributed by atoms with Gasteiger partial charge in [-0.2, -0.15) is 0 Å². The summed E-state index contributed by atoms with van der Waals surface area (Å²) in [5.41, 5.74) is 1.41. The molecule has 29 heavy (non-hydrogen) atoms. The highest BCUT2D eigenvalue weighted by Gasteiger charge is 2.34. The van der Waals surface area contributed by atoms with Crippen LogP contribution in [0.4, 0.5) is 0 Å². The standard InChI is InChI=1S/C21H42N2O6/c1-4-5-6-7-8-9-10-12-16(19(26)21(28)23-29)20(27)22-18(15(2)3)17(25)13-11-14-24/h15-19,24-26,29H,4-14H2,1-3H3,(H,22,27)(H,23,28)/t16-,17-,18+,19+/m1/s1. The van der Waals surface area contributed by atoms with Crippen LogP contribution in [-0.2, 0) is 9.59 Å². The average Bonchev–Trinajstić information content (AvgIpc) is 2.70. The van der Waals surface area contributed by atoms with E-state index in [9.17, 15) is 19.8 Å². The van der Waals surface area contributed by atoms with Gasteiger partial charge < -0.3 is 20.6 Å². The van der Waals surface area contributed by atoms with Crippen molar-refractivity contribution in [3.63, 3.8) is 0 Å². The summed E-state index contributed by atoms with van der Waals surface area (Å²) in [5.74, 6) is -2.62. The number of hydrogen-bond acceptors (Lipinski definition) is 6. The van der Waals surface area contributed by atoms with Crippen molar-refractivity contribution in [2.24, 2.45) is 11.8 Å². The minimum atomic E-state index is -1.66. The summed E-state index contributed by atoms with van der Waals surface area (Å²) >= 11 is 0. The van der Waals surface area contributed by atoms with Crippen molar-refractivity contribution in [3.8, 4) is 0 Å². The second-order valence-corrected chi connectivity index (χ2v) is 8.15. The number of rotatable bonds is 17. The van der Waals surface area contributed by atoms with Crippen LogP contribution in [0.25, 0.3) is 0 Å². The van der Waals surface area contributed by atoms with Crippen molar-refractivity contribution >= 4 is 11.8 Å². The Labute approximate surface area is 175 Å². The molecule has 4 atom stereocenters. The maximum atomic E-state index is 12.8. The molecule has 0 aliphatic carbocycles. The van der Waals surface area contributed by atoms with Gasteiger partial charge in [-0.3, -0.25) is 14.8 Å². The first-order chi connectivity index (χ1) is 13.8. The van der Waals surface area contributed by atoms with Gasteiger partial charge in [0.15, 0.2) is 0 Å². The first-order valence-electron chi connectivity index (χ1n) is 11.0. The van der Waals surface area contributed by atoms with Crippen LogP contribution in [0.1, 0.15) is 85.0 Å². The molecule has 0 aromatic heterocycles. The molecule has 0 saturated heterocycles. The van der Waals surface area contributed by atoms with Gasteiger partial charge in [0, 0.05) is 6.61 Å². The molecule has 0 radical (unpaired) electrons. The number of carbonyl (C=O) groups is 2. The molecule has 0 aromatic carbocycles. The lowest BCUT2D eigenvalue weighted by Crippen LogP contribution is -2.52. The molecule has 172 valence electrons. The Bertz CT molecular complexity index is 447. The number of aliphatic hydroxyl groups is 3. The maximum Gasteiger partial charge on any atom is 0.272 e. The van der Waals surface area contributed by atoms with E-state index in [1.54, 1.807) is 0 Å². The van der Waals surface area contributed by atoms with E-state index in [0.29, 0.717) is 25.7 Å². The molecule has 0 aliphatic heterocycles. The van der Waals surface area contributed by atoms with Gasteiger partial charge in [0.25, 0.3) is 5.91 Å². The largest absolute Gasteiger partial charge is 0.396 e. The predicted molar refractivity (Wildman–Crippen MR) is 111 cm³/mol. The monoisotopic (exact) mass is 418 g/mol. The Morgan fingerprint density at radius 2 is 1.45 bits per heavy atom. The molecule has 0 heterocycles. The van der Waals surface area contributed by atoms with Crippen LogP contribution in [0.2, 0.25) is 0 Å². The van der Waals surface area contributed by atoms with E-state index in [1.165, 1.54) is 24.7 Å². The zero-order valence-electron chi connectivity index (χ0n) is 18.3. The van der Waals surface area contributed by atoms with Crippen molar-refractivity contribution in [2.75, 3.05) is 6.61 Å². The third kappa shape index (κ3) is 11.5. The molecule has 0 fully saturated rings. The van der Waals surface area contributed by atoms with Gasteiger partial charge in [0.05, 0.1) is 18.1 Å². The Morgan fingerprint density at radius 3 is 1.97 bits per heavy atom. The van der Waals surface area contributed by atoms with E-state index < -0.39 is 36.0 Å². The number of hydroxylamine groups is 1. The highest BCUT2D eigenvalue weighted by molar-refractivity contribution is 5.88. The number of carbonyl (C=O) groups excluding carboxylic acids is 2. The third-order valence-electron chi connectivity index (χ3n) is 5.32. The van der Waals surface area contributed by atoms with E-state index in [1.807, 2.05) is 13.8 Å². The molecule has 0 saturated carbocycles. The highest BCUT2D eigenvalue weighted by atomic mass is 16.5. The molecule has 8 nitrogen and oxygen atoms in total. The Hall–Kier alpha value is -1.22. The summed E-state index contributed by atoms with van der Waals surface area (Å²) in [5, 5.41) is 41.1. The number of amides is 2. The topological polar surface area (TPSA) is 139 Å². The van der Waals surface area contributed by atoms with E-state index in [-0.39, 0.29) is 12.5 Å². The summed E-state index contributed by atoms with van der Waals surface area (Å²) in [6.45, 7) is 5.82. The molecule has 0 rings (SSSR count). The van der Waals surface area contributed by atoms with Crippen molar-refractivity contribution in [1.29, 1.82) is 0 Å². The fraction of sp³-hybridized carbons (Fsp3) is 0.905. The first-order valence-corrected chi connectivity index (χ1v) is 11.0. The molecular weight excluding hydrogens is 376 g/mol. The van der Waals surface area contributed by atoms with E-state index >= 15 is 0 Å². The molecule has 2 amide bonds. The SMILES string of the molecule is CCCCCCCCC[C@@H](C(=O)N[C@@H](C(C)C)[C@H](O)CCCO)[C@H](O)C(=O)NO. The minimum absolute atomic E-state index is 0.0495. The second kappa shape index (κ2) is 16.6. The predicted octanol–water partition coefficient (Wildman–Crippen LogP) is 1.88. The second-order valence-electron chi connectivity index (χ2n) is 8.15. The first kappa shape index (κ1) is 27.8. The highest BCUT2D eigenvalue weighted by Crippen LogP contribution is 2.19. The summed E-state index contributed by atoms with van der Waals surface area (Å²) in [6.07, 6.45) is 5.84. The number of hydrogen-bond donors (Lipinski definition) is 6. The van der Waals surface area contributed by atoms with Gasteiger partial charge in [-0.15, -0.1) is 0 Å². The van der Waals surface area contributed by atoms with Crippen LogP contribution < -0.4 is 10.8 Å². The lowest BCUT2D eigenvalue weighted by molar-refractivity contribution is -0.147. The zero-order chi connectivity index (χ0) is 22.2. The van der Waals surface area contributed by atoms with Gasteiger partial charge >= 0.3 is 0 Å². The lowest BCUT2D eigenvalue weighted by atomic mass is 9.90. The third-order valence-corrected chi connectivity index (χ3v) is 5.32. The molecule has 8 heteroatoms. The molecule has 0 unspecified atom stereocenters. The molecule has 6 N–H and O–H groups in total. The number of aliphatic hydroxyl groups excluding tert-OH is 3. The molecule has 0 spiro atoms. The van der Waals surface area contributed by atoms with Crippen LogP contribution in [0.5, 0.6) is 0 Å². The van der Waals surface area contributed by atoms with Crippen LogP contribution in [0.15, 0.2) is 0 Å². The lowest BCUT2D eigenvalue weighted by Gasteiger charge is -2.30. The summed E-state index contributed by atoms with van der Waals surface area (Å²) in [4.78, 5) is 24.5. The van der Waals surface area contributed by atoms with Crippen molar-refractivity contribution in [2.45, 2.75) is 103 Å². The summed E-state index contributed by atoms with van der Waals surface area (Å²) < 4.78 is 0. The van der Waals surface area contributed by atoms with Crippen LogP contribution in [0, 0.1) is 11.8 Å². The van der Waals surface area contributed by atoms with Crippen molar-refractivity contribution < 1.29 is 30.1 Å². The molecule has 0 aliphatic rings. The van der Waals surface area contributed by atoms with Crippen LogP contribution >= 0.6 is 0 Å². The minimum Gasteiger partial charge on any atom is -0.396 e. The van der Waals surface area contributed by atoms with Gasteiger partial charge in [0.2, 0.25) is 5.91 Å². The maximum absolute atomic E-state index is 12.8. The number of nitrogens with one attached hydrogen (secondary N) is 2. The fourth-order valence-corrected chi connectivity index (χ4v) is 3.46. The quantitative estimate of drug-likeness (QED) is 0.121. The van der Waals surface area contributed by atoms with E-state index in [0.717, 1.165) is 19.3 Å². The Balaban J connectivity index is 4.91. The summed E-state index contributed by atoms with van der Waals surface area (Å²) in [7, 11) is 0. The normalized spacial score (nSPS) is 15.6. The average molecular weight is 419 g/mol. The molecule has 0 aromatic rings. The summed E-state index contributed by atoms with van der Waals surface area (Å²) in [6, 6.07) is -0.560. The Morgan fingerprint density at radius 1 is 0.862 bits per heavy atom. The smallest absolute Gasteiger partial charge is 0.272 e. The van der Waals surface area contributed by atoms with Crippen LogP contribution in [0.3, 0.4) is 0 Å². The van der Waals surface area contributed by atoms with Crippen molar-refractivity contribution in [1.82, 2.24) is 10.8 Å². The molecular formula is C21H42N2O6. The van der Waals surface area contributed by atoms with Gasteiger partial charge in [0.1, 0.15) is 6.10 Å². The Kier molecular flexibility index (Phi) is 15.9. The van der Waals surface area contributed by atoms with Gasteiger partial charge in [-0.05, 0) is 25.2 Å².